The second-order valence-electron chi connectivity index (χ2n) is 5.00. The lowest BCUT2D eigenvalue weighted by Crippen LogP contribution is -2.08. The maximum absolute atomic E-state index is 6.11. The van der Waals surface area contributed by atoms with Gasteiger partial charge in [0.05, 0.1) is 11.7 Å². The fourth-order valence-corrected chi connectivity index (χ4v) is 2.51. The molecule has 0 amide bonds. The summed E-state index contributed by atoms with van der Waals surface area (Å²) in [7, 11) is 0. The maximum atomic E-state index is 6.11. The predicted octanol–water partition coefficient (Wildman–Crippen LogP) is 3.94. The number of ether oxygens (including phenoxy) is 1. The topological polar surface area (TPSA) is 53.1 Å². The molecule has 0 aliphatic heterocycles. The fraction of sp³-hybridized carbons (Fsp3) is 0.438. The fourth-order valence-electron chi connectivity index (χ4n) is 2.26. The lowest BCUT2D eigenvalue weighted by atomic mass is 10.2. The van der Waals surface area contributed by atoms with E-state index in [0.717, 1.165) is 29.8 Å². The van der Waals surface area contributed by atoms with Crippen molar-refractivity contribution < 1.29 is 4.74 Å². The highest BCUT2D eigenvalue weighted by Crippen LogP contribution is 2.23. The molecule has 0 saturated carbocycles. The standard InChI is InChI=1S/C16H22ClN3O/c1-3-14(4-2)20-8-7-13(19-20)11-21-15-6-5-12(10-18)16(17)9-15/h5-9,14H,3-4,10-11,18H2,1-2H3. The summed E-state index contributed by atoms with van der Waals surface area (Å²) in [6.45, 7) is 5.21. The Morgan fingerprint density at radius 1 is 1.29 bits per heavy atom. The first-order chi connectivity index (χ1) is 10.2. The van der Waals surface area contributed by atoms with E-state index in [9.17, 15) is 0 Å². The third-order valence-corrected chi connectivity index (χ3v) is 3.96. The van der Waals surface area contributed by atoms with Crippen molar-refractivity contribution in [2.75, 3.05) is 0 Å². The Labute approximate surface area is 130 Å². The molecule has 114 valence electrons. The predicted molar refractivity (Wildman–Crippen MR) is 85.5 cm³/mol. The zero-order valence-electron chi connectivity index (χ0n) is 12.6. The van der Waals surface area contributed by atoms with Gasteiger partial charge in [0, 0.05) is 17.8 Å². The van der Waals surface area contributed by atoms with E-state index in [-0.39, 0.29) is 0 Å². The number of rotatable bonds is 7. The maximum Gasteiger partial charge on any atom is 0.132 e. The summed E-state index contributed by atoms with van der Waals surface area (Å²) < 4.78 is 7.75. The monoisotopic (exact) mass is 307 g/mol. The third-order valence-electron chi connectivity index (χ3n) is 3.61. The molecule has 0 unspecified atom stereocenters. The molecule has 0 atom stereocenters. The van der Waals surface area contributed by atoms with E-state index in [4.69, 9.17) is 22.1 Å². The van der Waals surface area contributed by atoms with Gasteiger partial charge in [0.2, 0.25) is 0 Å². The zero-order chi connectivity index (χ0) is 15.2. The Bertz CT molecular complexity index is 579. The lowest BCUT2D eigenvalue weighted by molar-refractivity contribution is 0.297. The van der Waals surface area contributed by atoms with Crippen molar-refractivity contribution in [1.82, 2.24) is 9.78 Å². The first kappa shape index (κ1) is 15.9. The van der Waals surface area contributed by atoms with Crippen molar-refractivity contribution in [1.29, 1.82) is 0 Å². The minimum atomic E-state index is 0.430. The summed E-state index contributed by atoms with van der Waals surface area (Å²) in [5.41, 5.74) is 7.42. The molecule has 0 saturated heterocycles. The van der Waals surface area contributed by atoms with Crippen LogP contribution in [0.15, 0.2) is 30.5 Å². The number of hydrogen-bond acceptors (Lipinski definition) is 3. The van der Waals surface area contributed by atoms with E-state index in [1.807, 2.05) is 29.1 Å². The van der Waals surface area contributed by atoms with Crippen LogP contribution in [0.5, 0.6) is 5.75 Å². The van der Waals surface area contributed by atoms with Gasteiger partial charge >= 0.3 is 0 Å². The van der Waals surface area contributed by atoms with Crippen LogP contribution in [0.4, 0.5) is 0 Å². The number of nitrogens with zero attached hydrogens (tertiary/aromatic N) is 2. The van der Waals surface area contributed by atoms with Crippen LogP contribution in [0.1, 0.15) is 44.0 Å². The number of aromatic nitrogens is 2. The Morgan fingerprint density at radius 2 is 2.05 bits per heavy atom. The van der Waals surface area contributed by atoms with Crippen LogP contribution in [-0.4, -0.2) is 9.78 Å². The molecule has 0 fully saturated rings. The van der Waals surface area contributed by atoms with E-state index in [0.29, 0.717) is 24.2 Å². The molecule has 0 radical (unpaired) electrons. The van der Waals surface area contributed by atoms with Crippen LogP contribution in [-0.2, 0) is 13.2 Å². The number of halogens is 1. The van der Waals surface area contributed by atoms with Crippen LogP contribution >= 0.6 is 11.6 Å². The first-order valence-corrected chi connectivity index (χ1v) is 7.71. The van der Waals surface area contributed by atoms with Gasteiger partial charge in [0.1, 0.15) is 12.4 Å². The van der Waals surface area contributed by atoms with Gasteiger partial charge in [-0.25, -0.2) is 0 Å². The Hall–Kier alpha value is -1.52. The van der Waals surface area contributed by atoms with Crippen LogP contribution in [0, 0.1) is 0 Å². The minimum absolute atomic E-state index is 0.430. The SMILES string of the molecule is CCC(CC)n1ccc(COc2ccc(CN)c(Cl)c2)n1. The van der Waals surface area contributed by atoms with E-state index in [1.165, 1.54) is 0 Å². The van der Waals surface area contributed by atoms with Gasteiger partial charge in [-0.1, -0.05) is 31.5 Å². The van der Waals surface area contributed by atoms with E-state index >= 15 is 0 Å². The van der Waals surface area contributed by atoms with Gasteiger partial charge in [-0.2, -0.15) is 5.10 Å². The highest BCUT2D eigenvalue weighted by molar-refractivity contribution is 6.31. The van der Waals surface area contributed by atoms with Gasteiger partial charge in [0.15, 0.2) is 0 Å². The Balaban J connectivity index is 1.98. The quantitative estimate of drug-likeness (QED) is 0.843. The van der Waals surface area contributed by atoms with Crippen molar-refractivity contribution in [3.05, 3.63) is 46.7 Å². The van der Waals surface area contributed by atoms with Gasteiger partial charge < -0.3 is 10.5 Å². The molecule has 1 aromatic carbocycles. The molecule has 2 aromatic rings. The van der Waals surface area contributed by atoms with Gasteiger partial charge in [-0.3, -0.25) is 4.68 Å². The smallest absolute Gasteiger partial charge is 0.132 e. The molecule has 0 aliphatic rings. The van der Waals surface area contributed by atoms with Crippen LogP contribution in [0.2, 0.25) is 5.02 Å². The minimum Gasteiger partial charge on any atom is -0.487 e. The van der Waals surface area contributed by atoms with Crippen molar-refractivity contribution >= 4 is 11.6 Å². The summed E-state index contributed by atoms with van der Waals surface area (Å²) in [5.74, 6) is 0.731. The molecule has 0 aliphatic carbocycles. The molecular formula is C16H22ClN3O. The summed E-state index contributed by atoms with van der Waals surface area (Å²) in [6, 6.07) is 8.01. The molecule has 21 heavy (non-hydrogen) atoms. The number of nitrogens with two attached hydrogens (primary N) is 1. The molecule has 1 heterocycles. The number of hydrogen-bond donors (Lipinski definition) is 1. The lowest BCUT2D eigenvalue weighted by Gasteiger charge is -2.12. The molecule has 2 N–H and O–H groups in total. The molecule has 5 heteroatoms. The van der Waals surface area contributed by atoms with Gasteiger partial charge in [-0.15, -0.1) is 0 Å². The largest absolute Gasteiger partial charge is 0.487 e. The summed E-state index contributed by atoms with van der Waals surface area (Å²) in [4.78, 5) is 0. The highest BCUT2D eigenvalue weighted by atomic mass is 35.5. The van der Waals surface area contributed by atoms with Crippen LogP contribution in [0.3, 0.4) is 0 Å². The van der Waals surface area contributed by atoms with Crippen molar-refractivity contribution in [2.45, 2.75) is 45.9 Å². The van der Waals surface area contributed by atoms with Crippen molar-refractivity contribution in [3.63, 3.8) is 0 Å². The first-order valence-electron chi connectivity index (χ1n) is 7.33. The molecule has 1 aromatic heterocycles. The summed E-state index contributed by atoms with van der Waals surface area (Å²) in [6.07, 6.45) is 4.17. The van der Waals surface area contributed by atoms with E-state index < -0.39 is 0 Å². The molecule has 0 bridgehead atoms. The van der Waals surface area contributed by atoms with E-state index in [1.54, 1.807) is 6.07 Å². The summed E-state index contributed by atoms with van der Waals surface area (Å²) in [5, 5.41) is 5.20. The highest BCUT2D eigenvalue weighted by Gasteiger charge is 2.08. The summed E-state index contributed by atoms with van der Waals surface area (Å²) >= 11 is 6.11. The van der Waals surface area contributed by atoms with Gasteiger partial charge in [0.25, 0.3) is 0 Å². The van der Waals surface area contributed by atoms with E-state index in [2.05, 4.69) is 18.9 Å². The zero-order valence-corrected chi connectivity index (χ0v) is 13.3. The molecule has 0 spiro atoms. The molecule has 4 nitrogen and oxygen atoms in total. The van der Waals surface area contributed by atoms with Crippen molar-refractivity contribution in [3.8, 4) is 5.75 Å². The molecular weight excluding hydrogens is 286 g/mol. The Morgan fingerprint density at radius 3 is 2.67 bits per heavy atom. The van der Waals surface area contributed by atoms with Crippen molar-refractivity contribution in [2.24, 2.45) is 5.73 Å². The van der Waals surface area contributed by atoms with Gasteiger partial charge in [-0.05, 0) is 36.6 Å². The average Bonchev–Trinajstić information content (AvgIpc) is 2.95. The number of benzene rings is 1. The third kappa shape index (κ3) is 3.99. The second kappa shape index (κ2) is 7.48. The average molecular weight is 308 g/mol. The molecule has 2 rings (SSSR count). The Kier molecular flexibility index (Phi) is 5.65. The normalized spacial score (nSPS) is 11.1. The van der Waals surface area contributed by atoms with Crippen LogP contribution < -0.4 is 10.5 Å². The second-order valence-corrected chi connectivity index (χ2v) is 5.41. The van der Waals surface area contributed by atoms with Crippen LogP contribution in [0.25, 0.3) is 0 Å².